The van der Waals surface area contributed by atoms with Crippen LogP contribution in [0.3, 0.4) is 0 Å². The van der Waals surface area contributed by atoms with E-state index in [1.54, 1.807) is 6.08 Å². The summed E-state index contributed by atoms with van der Waals surface area (Å²) in [4.78, 5) is 25.0. The number of rotatable bonds is 5. The van der Waals surface area contributed by atoms with Crippen molar-refractivity contribution in [1.82, 2.24) is 15.5 Å². The number of hydrogen-bond acceptors (Lipinski definition) is 4. The Kier molecular flexibility index (Phi) is 6.52. The van der Waals surface area contributed by atoms with Gasteiger partial charge in [-0.1, -0.05) is 6.08 Å². The van der Waals surface area contributed by atoms with E-state index in [1.165, 1.54) is 0 Å². The first kappa shape index (κ1) is 15.7. The normalized spacial score (nSPS) is 21.5. The molecule has 1 aliphatic heterocycles. The second kappa shape index (κ2) is 7.91. The van der Waals surface area contributed by atoms with Gasteiger partial charge in [0.15, 0.2) is 0 Å². The lowest BCUT2D eigenvalue weighted by Crippen LogP contribution is -2.48. The molecule has 0 aromatic carbocycles. The molecule has 2 atom stereocenters. The maximum atomic E-state index is 11.7. The molecular formula is C13H24N4O2. The maximum Gasteiger partial charge on any atom is 0.321 e. The number of piperidine rings is 1. The third-order valence-corrected chi connectivity index (χ3v) is 3.31. The lowest BCUT2D eigenvalue weighted by Gasteiger charge is -2.34. The minimum Gasteiger partial charge on any atom is -0.334 e. The van der Waals surface area contributed by atoms with Gasteiger partial charge in [-0.2, -0.15) is 0 Å². The first-order valence-electron chi connectivity index (χ1n) is 6.69. The van der Waals surface area contributed by atoms with E-state index < -0.39 is 6.03 Å². The molecule has 6 heteroatoms. The van der Waals surface area contributed by atoms with Gasteiger partial charge in [-0.05, 0) is 32.2 Å². The first-order chi connectivity index (χ1) is 9.02. The third-order valence-electron chi connectivity index (χ3n) is 3.31. The number of likely N-dealkylation sites (tertiary alicyclic amines) is 1. The third kappa shape index (κ3) is 5.85. The standard InChI is InChI=1S/C13H24N4O2/c1-3-6-15-13(19)16-12(18)9-17-7-4-5-11(8-17)10(2)14/h3,10-11H,1,4-9,14H2,2H3,(H2,15,16,18,19). The van der Waals surface area contributed by atoms with Crippen LogP contribution in [0, 0.1) is 5.92 Å². The second-order valence-corrected chi connectivity index (χ2v) is 5.04. The summed E-state index contributed by atoms with van der Waals surface area (Å²) in [5.41, 5.74) is 5.90. The van der Waals surface area contributed by atoms with Gasteiger partial charge in [0.05, 0.1) is 6.54 Å². The summed E-state index contributed by atoms with van der Waals surface area (Å²) in [5.74, 6) is 0.142. The molecule has 6 nitrogen and oxygen atoms in total. The summed E-state index contributed by atoms with van der Waals surface area (Å²) in [6.45, 7) is 7.76. The lowest BCUT2D eigenvalue weighted by molar-refractivity contribution is -0.121. The van der Waals surface area contributed by atoms with Gasteiger partial charge in [0.1, 0.15) is 0 Å². The van der Waals surface area contributed by atoms with Gasteiger partial charge in [-0.3, -0.25) is 15.0 Å². The minimum absolute atomic E-state index is 0.141. The molecule has 1 fully saturated rings. The van der Waals surface area contributed by atoms with Gasteiger partial charge in [-0.15, -0.1) is 6.58 Å². The van der Waals surface area contributed by atoms with Gasteiger partial charge < -0.3 is 11.1 Å². The topological polar surface area (TPSA) is 87.5 Å². The van der Waals surface area contributed by atoms with Crippen molar-refractivity contribution < 1.29 is 9.59 Å². The van der Waals surface area contributed by atoms with E-state index >= 15 is 0 Å². The Morgan fingerprint density at radius 3 is 2.95 bits per heavy atom. The van der Waals surface area contributed by atoms with E-state index in [2.05, 4.69) is 17.2 Å². The van der Waals surface area contributed by atoms with Gasteiger partial charge in [0, 0.05) is 19.1 Å². The molecule has 1 saturated heterocycles. The van der Waals surface area contributed by atoms with E-state index in [4.69, 9.17) is 5.73 Å². The summed E-state index contributed by atoms with van der Waals surface area (Å²) in [6.07, 6.45) is 3.71. The number of nitrogens with zero attached hydrogens (tertiary/aromatic N) is 1. The number of urea groups is 1. The minimum atomic E-state index is -0.481. The summed E-state index contributed by atoms with van der Waals surface area (Å²) >= 11 is 0. The van der Waals surface area contributed by atoms with E-state index in [1.807, 2.05) is 11.8 Å². The van der Waals surface area contributed by atoms with Crippen molar-refractivity contribution in [1.29, 1.82) is 0 Å². The molecule has 0 aromatic heterocycles. The van der Waals surface area contributed by atoms with Crippen LogP contribution in [0.4, 0.5) is 4.79 Å². The molecule has 0 aromatic rings. The number of carbonyl (C=O) groups is 2. The number of nitrogens with one attached hydrogen (secondary N) is 2. The summed E-state index contributed by atoms with van der Waals surface area (Å²) in [5, 5.41) is 4.80. The summed E-state index contributed by atoms with van der Waals surface area (Å²) < 4.78 is 0. The summed E-state index contributed by atoms with van der Waals surface area (Å²) in [7, 11) is 0. The van der Waals surface area contributed by atoms with Crippen LogP contribution in [0.15, 0.2) is 12.7 Å². The number of imide groups is 1. The van der Waals surface area contributed by atoms with Crippen LogP contribution in [0.2, 0.25) is 0 Å². The monoisotopic (exact) mass is 268 g/mol. The molecule has 1 heterocycles. The molecule has 0 bridgehead atoms. The van der Waals surface area contributed by atoms with Crippen molar-refractivity contribution in [2.45, 2.75) is 25.8 Å². The molecule has 3 amide bonds. The predicted molar refractivity (Wildman–Crippen MR) is 74.6 cm³/mol. The largest absolute Gasteiger partial charge is 0.334 e. The van der Waals surface area contributed by atoms with Crippen LogP contribution in [-0.4, -0.2) is 49.1 Å². The van der Waals surface area contributed by atoms with Crippen molar-refractivity contribution in [3.05, 3.63) is 12.7 Å². The smallest absolute Gasteiger partial charge is 0.321 e. The molecule has 1 rings (SSSR count). The van der Waals surface area contributed by atoms with Crippen molar-refractivity contribution in [3.63, 3.8) is 0 Å². The molecule has 0 spiro atoms. The van der Waals surface area contributed by atoms with Crippen LogP contribution in [0.5, 0.6) is 0 Å². The molecule has 108 valence electrons. The lowest BCUT2D eigenvalue weighted by atomic mass is 9.92. The number of amides is 3. The van der Waals surface area contributed by atoms with Gasteiger partial charge in [-0.25, -0.2) is 4.79 Å². The highest BCUT2D eigenvalue weighted by molar-refractivity contribution is 5.95. The Balaban J connectivity index is 2.31. The van der Waals surface area contributed by atoms with E-state index in [9.17, 15) is 9.59 Å². The zero-order chi connectivity index (χ0) is 14.3. The van der Waals surface area contributed by atoms with Gasteiger partial charge in [0.25, 0.3) is 0 Å². The molecule has 1 aliphatic rings. The Morgan fingerprint density at radius 1 is 1.58 bits per heavy atom. The first-order valence-corrected chi connectivity index (χ1v) is 6.69. The highest BCUT2D eigenvalue weighted by Gasteiger charge is 2.24. The Hall–Kier alpha value is -1.40. The quantitative estimate of drug-likeness (QED) is 0.615. The summed E-state index contributed by atoms with van der Waals surface area (Å²) in [6, 6.07) is -0.340. The van der Waals surface area contributed by atoms with E-state index in [-0.39, 0.29) is 18.5 Å². The molecule has 0 aliphatic carbocycles. The molecule has 19 heavy (non-hydrogen) atoms. The number of nitrogens with two attached hydrogens (primary N) is 1. The van der Waals surface area contributed by atoms with Crippen molar-refractivity contribution in [2.75, 3.05) is 26.2 Å². The van der Waals surface area contributed by atoms with Crippen molar-refractivity contribution in [2.24, 2.45) is 11.7 Å². The second-order valence-electron chi connectivity index (χ2n) is 5.04. The molecule has 0 saturated carbocycles. The Morgan fingerprint density at radius 2 is 2.32 bits per heavy atom. The van der Waals surface area contributed by atoms with Crippen LogP contribution in [0.25, 0.3) is 0 Å². The maximum absolute atomic E-state index is 11.7. The molecule has 4 N–H and O–H groups in total. The molecule has 2 unspecified atom stereocenters. The molecule has 0 radical (unpaired) electrons. The van der Waals surface area contributed by atoms with Crippen LogP contribution < -0.4 is 16.4 Å². The fourth-order valence-corrected chi connectivity index (χ4v) is 2.24. The molecular weight excluding hydrogens is 244 g/mol. The SMILES string of the molecule is C=CCNC(=O)NC(=O)CN1CCCC(C(C)N)C1. The van der Waals surface area contributed by atoms with Crippen LogP contribution in [-0.2, 0) is 4.79 Å². The Bertz CT molecular complexity index is 331. The number of hydrogen-bond donors (Lipinski definition) is 3. The zero-order valence-electron chi connectivity index (χ0n) is 11.5. The zero-order valence-corrected chi connectivity index (χ0v) is 11.5. The van der Waals surface area contributed by atoms with Gasteiger partial charge in [0.2, 0.25) is 5.91 Å². The van der Waals surface area contributed by atoms with Crippen molar-refractivity contribution in [3.8, 4) is 0 Å². The van der Waals surface area contributed by atoms with Crippen molar-refractivity contribution >= 4 is 11.9 Å². The predicted octanol–water partition coefficient (Wildman–Crippen LogP) is 0.0574. The fraction of sp³-hybridized carbons (Fsp3) is 0.692. The van der Waals surface area contributed by atoms with E-state index in [0.29, 0.717) is 12.5 Å². The van der Waals surface area contributed by atoms with Gasteiger partial charge >= 0.3 is 6.03 Å². The van der Waals surface area contributed by atoms with Crippen LogP contribution >= 0.6 is 0 Å². The average molecular weight is 268 g/mol. The highest BCUT2D eigenvalue weighted by Crippen LogP contribution is 2.18. The Labute approximate surface area is 114 Å². The average Bonchev–Trinajstić information content (AvgIpc) is 2.36. The van der Waals surface area contributed by atoms with Crippen LogP contribution in [0.1, 0.15) is 19.8 Å². The fourth-order valence-electron chi connectivity index (χ4n) is 2.24. The highest BCUT2D eigenvalue weighted by atomic mass is 16.2. The number of carbonyl (C=O) groups excluding carboxylic acids is 2. The van der Waals surface area contributed by atoms with E-state index in [0.717, 1.165) is 25.9 Å².